The maximum absolute atomic E-state index is 11.6. The SMILES string of the molecule is CCOCc1nc2c(N)nc3cc(-c4cccnc4)ccc3c2n1CC(C)(C)OCCS(C)(=O)=O. The van der Waals surface area contributed by atoms with E-state index in [-0.39, 0.29) is 12.4 Å². The molecule has 2 N–H and O–H groups in total. The topological polar surface area (TPSA) is 122 Å². The molecule has 3 heterocycles. The summed E-state index contributed by atoms with van der Waals surface area (Å²) in [7, 11) is -3.12. The zero-order chi connectivity index (χ0) is 25.2. The quantitative estimate of drug-likeness (QED) is 0.353. The van der Waals surface area contributed by atoms with Crippen LogP contribution in [-0.2, 0) is 32.5 Å². The largest absolute Gasteiger partial charge is 0.382 e. The molecule has 0 saturated heterocycles. The first kappa shape index (κ1) is 25.0. The zero-order valence-corrected chi connectivity index (χ0v) is 21.3. The van der Waals surface area contributed by atoms with E-state index in [1.807, 2.05) is 57.3 Å². The van der Waals surface area contributed by atoms with Gasteiger partial charge in [0.25, 0.3) is 0 Å². The number of imidazole rings is 1. The van der Waals surface area contributed by atoms with Crippen molar-refractivity contribution in [3.05, 3.63) is 48.5 Å². The first-order valence-corrected chi connectivity index (χ1v) is 13.5. The van der Waals surface area contributed by atoms with Crippen LogP contribution in [0.5, 0.6) is 0 Å². The lowest BCUT2D eigenvalue weighted by molar-refractivity contribution is -0.0219. The van der Waals surface area contributed by atoms with Crippen molar-refractivity contribution in [2.45, 2.75) is 39.5 Å². The number of nitrogens with zero attached hydrogens (tertiary/aromatic N) is 4. The number of sulfone groups is 1. The Kier molecular flexibility index (Phi) is 7.07. The summed E-state index contributed by atoms with van der Waals surface area (Å²) in [5, 5.41) is 0.907. The molecule has 1 aromatic carbocycles. The highest BCUT2D eigenvalue weighted by Crippen LogP contribution is 2.33. The van der Waals surface area contributed by atoms with E-state index in [0.717, 1.165) is 27.5 Å². The van der Waals surface area contributed by atoms with Crippen molar-refractivity contribution in [3.63, 3.8) is 0 Å². The molecule has 0 aliphatic carbocycles. The van der Waals surface area contributed by atoms with Crippen molar-refractivity contribution >= 4 is 37.6 Å². The Labute approximate surface area is 205 Å². The van der Waals surface area contributed by atoms with E-state index in [1.165, 1.54) is 6.26 Å². The van der Waals surface area contributed by atoms with Gasteiger partial charge in [0.1, 0.15) is 27.8 Å². The number of ether oxygens (including phenoxy) is 2. The van der Waals surface area contributed by atoms with Gasteiger partial charge in [-0.25, -0.2) is 18.4 Å². The standard InChI is InChI=1S/C25H31N5O4S/c1-5-33-15-21-29-22-23(30(21)16-25(2,3)34-11-12-35(4,31)32)19-9-8-17(13-20(19)28-24(22)26)18-7-6-10-27-14-18/h6-10,13-14H,5,11-12,15-16H2,1-4H3,(H2,26,28). The van der Waals surface area contributed by atoms with Crippen molar-refractivity contribution in [1.82, 2.24) is 19.5 Å². The van der Waals surface area contributed by atoms with Crippen LogP contribution in [0.4, 0.5) is 5.82 Å². The van der Waals surface area contributed by atoms with Gasteiger partial charge in [-0.1, -0.05) is 18.2 Å². The van der Waals surface area contributed by atoms with Gasteiger partial charge in [-0.15, -0.1) is 0 Å². The van der Waals surface area contributed by atoms with Crippen LogP contribution in [0.1, 0.15) is 26.6 Å². The fourth-order valence-corrected chi connectivity index (χ4v) is 4.43. The lowest BCUT2D eigenvalue weighted by Gasteiger charge is -2.27. The van der Waals surface area contributed by atoms with Crippen LogP contribution in [0.2, 0.25) is 0 Å². The number of aromatic nitrogens is 4. The number of nitrogen functional groups attached to an aromatic ring is 1. The van der Waals surface area contributed by atoms with E-state index < -0.39 is 15.4 Å². The van der Waals surface area contributed by atoms with Gasteiger partial charge in [-0.05, 0) is 38.5 Å². The highest BCUT2D eigenvalue weighted by atomic mass is 32.2. The van der Waals surface area contributed by atoms with E-state index in [2.05, 4.69) is 14.5 Å². The normalized spacial score (nSPS) is 12.6. The third kappa shape index (κ3) is 5.77. The molecule has 3 aromatic heterocycles. The number of nitrogens with two attached hydrogens (primary N) is 1. The van der Waals surface area contributed by atoms with Gasteiger partial charge in [0.15, 0.2) is 5.82 Å². The van der Waals surface area contributed by atoms with Crippen LogP contribution < -0.4 is 5.73 Å². The summed E-state index contributed by atoms with van der Waals surface area (Å²) < 4.78 is 36.8. The minimum Gasteiger partial charge on any atom is -0.382 e. The van der Waals surface area contributed by atoms with Crippen molar-refractivity contribution in [2.75, 3.05) is 31.0 Å². The summed E-state index contributed by atoms with van der Waals surface area (Å²) in [6.45, 7) is 7.17. The fraction of sp³-hybridized carbons (Fsp3) is 0.400. The maximum Gasteiger partial charge on any atom is 0.152 e. The molecular formula is C25H31N5O4S. The average molecular weight is 498 g/mol. The lowest BCUT2D eigenvalue weighted by atomic mass is 10.0. The van der Waals surface area contributed by atoms with Gasteiger partial charge in [-0.3, -0.25) is 4.98 Å². The Morgan fingerprint density at radius 3 is 2.63 bits per heavy atom. The van der Waals surface area contributed by atoms with Gasteiger partial charge in [0.2, 0.25) is 0 Å². The molecule has 4 aromatic rings. The fourth-order valence-electron chi connectivity index (χ4n) is 4.04. The average Bonchev–Trinajstić information content (AvgIpc) is 3.15. The Morgan fingerprint density at radius 2 is 1.94 bits per heavy atom. The first-order chi connectivity index (χ1) is 16.6. The summed E-state index contributed by atoms with van der Waals surface area (Å²) in [5.41, 5.74) is 9.88. The van der Waals surface area contributed by atoms with Crippen LogP contribution in [0.3, 0.4) is 0 Å². The third-order valence-electron chi connectivity index (χ3n) is 5.70. The molecule has 10 heteroatoms. The number of anilines is 1. The molecule has 4 rings (SSSR count). The summed E-state index contributed by atoms with van der Waals surface area (Å²) in [6, 6.07) is 9.94. The van der Waals surface area contributed by atoms with Crippen LogP contribution >= 0.6 is 0 Å². The molecule has 0 aliphatic rings. The van der Waals surface area contributed by atoms with E-state index in [4.69, 9.17) is 20.2 Å². The first-order valence-electron chi connectivity index (χ1n) is 11.5. The van der Waals surface area contributed by atoms with Gasteiger partial charge >= 0.3 is 0 Å². The summed E-state index contributed by atoms with van der Waals surface area (Å²) in [6.07, 6.45) is 4.75. The number of hydrogen-bond acceptors (Lipinski definition) is 8. The molecule has 0 fully saturated rings. The second kappa shape index (κ2) is 9.88. The second-order valence-electron chi connectivity index (χ2n) is 9.16. The minimum absolute atomic E-state index is 0.0379. The van der Waals surface area contributed by atoms with Crippen molar-refractivity contribution in [2.24, 2.45) is 0 Å². The molecule has 0 aliphatic heterocycles. The Balaban J connectivity index is 1.81. The molecule has 0 saturated carbocycles. The molecular weight excluding hydrogens is 466 g/mol. The number of fused-ring (bicyclic) bond motifs is 3. The van der Waals surface area contributed by atoms with E-state index in [1.54, 1.807) is 6.20 Å². The number of hydrogen-bond donors (Lipinski definition) is 1. The van der Waals surface area contributed by atoms with Gasteiger partial charge in [0.05, 0.1) is 35.5 Å². The lowest BCUT2D eigenvalue weighted by Crippen LogP contribution is -2.33. The number of benzene rings is 1. The summed E-state index contributed by atoms with van der Waals surface area (Å²) in [4.78, 5) is 13.6. The Bertz CT molecular complexity index is 1450. The molecule has 0 radical (unpaired) electrons. The van der Waals surface area contributed by atoms with Crippen molar-refractivity contribution < 1.29 is 17.9 Å². The smallest absolute Gasteiger partial charge is 0.152 e. The molecule has 0 bridgehead atoms. The van der Waals surface area contributed by atoms with Crippen LogP contribution in [-0.4, -0.2) is 58.8 Å². The minimum atomic E-state index is -3.12. The van der Waals surface area contributed by atoms with Gasteiger partial charge in [-0.2, -0.15) is 0 Å². The predicted molar refractivity (Wildman–Crippen MR) is 138 cm³/mol. The number of pyridine rings is 2. The van der Waals surface area contributed by atoms with Gasteiger partial charge < -0.3 is 19.8 Å². The molecule has 0 unspecified atom stereocenters. The second-order valence-corrected chi connectivity index (χ2v) is 11.4. The monoisotopic (exact) mass is 497 g/mol. The van der Waals surface area contributed by atoms with Gasteiger partial charge in [0, 0.05) is 36.2 Å². The molecule has 0 amide bonds. The van der Waals surface area contributed by atoms with E-state index in [9.17, 15) is 8.42 Å². The van der Waals surface area contributed by atoms with E-state index in [0.29, 0.717) is 36.9 Å². The van der Waals surface area contributed by atoms with Crippen LogP contribution in [0.15, 0.2) is 42.7 Å². The molecule has 0 atom stereocenters. The third-order valence-corrected chi connectivity index (χ3v) is 6.61. The molecule has 35 heavy (non-hydrogen) atoms. The highest BCUT2D eigenvalue weighted by Gasteiger charge is 2.25. The Hall–Kier alpha value is -3.08. The van der Waals surface area contributed by atoms with Crippen molar-refractivity contribution in [1.29, 1.82) is 0 Å². The molecule has 0 spiro atoms. The molecule has 9 nitrogen and oxygen atoms in total. The highest BCUT2D eigenvalue weighted by molar-refractivity contribution is 7.90. The van der Waals surface area contributed by atoms with Crippen LogP contribution in [0.25, 0.3) is 33.1 Å². The van der Waals surface area contributed by atoms with Crippen LogP contribution in [0, 0.1) is 0 Å². The molecule has 186 valence electrons. The summed E-state index contributed by atoms with van der Waals surface area (Å²) >= 11 is 0. The van der Waals surface area contributed by atoms with Crippen molar-refractivity contribution in [3.8, 4) is 11.1 Å². The Morgan fingerprint density at radius 1 is 1.14 bits per heavy atom. The number of rotatable bonds is 10. The van der Waals surface area contributed by atoms with E-state index >= 15 is 0 Å². The zero-order valence-electron chi connectivity index (χ0n) is 20.5. The summed E-state index contributed by atoms with van der Waals surface area (Å²) in [5.74, 6) is 1.01. The maximum atomic E-state index is 11.6. The predicted octanol–water partition coefficient (Wildman–Crippen LogP) is 3.61.